The number of hydrogen-bond acceptors (Lipinski definition) is 3. The van der Waals surface area contributed by atoms with Crippen LogP contribution >= 0.6 is 15.9 Å². The minimum Gasteiger partial charge on any atom is -0.465 e. The van der Waals surface area contributed by atoms with Gasteiger partial charge in [-0.3, -0.25) is 4.21 Å². The summed E-state index contributed by atoms with van der Waals surface area (Å²) in [7, 11) is -0.196. The summed E-state index contributed by atoms with van der Waals surface area (Å²) in [6, 6.07) is 2.45. The molecule has 0 aromatic heterocycles. The fraction of sp³-hybridized carbons (Fsp3) is 0.222. The standard InChI is InChI=1S/C9H8BrFO3S/c1-14-9(12)7-6(15(2)13)4-3-5(11)8(7)10/h3-4H,1-2H3. The van der Waals surface area contributed by atoms with E-state index in [0.717, 1.165) is 6.07 Å². The number of benzene rings is 1. The minimum absolute atomic E-state index is 0.0259. The molecule has 0 aliphatic heterocycles. The molecule has 1 aromatic carbocycles. The fourth-order valence-electron chi connectivity index (χ4n) is 1.06. The second kappa shape index (κ2) is 4.85. The number of carbonyl (C=O) groups excluding carboxylic acids is 1. The molecule has 0 spiro atoms. The van der Waals surface area contributed by atoms with E-state index in [1.54, 1.807) is 0 Å². The van der Waals surface area contributed by atoms with Crippen LogP contribution in [0.1, 0.15) is 10.4 Å². The van der Waals surface area contributed by atoms with Gasteiger partial charge in [0.2, 0.25) is 0 Å². The highest BCUT2D eigenvalue weighted by Crippen LogP contribution is 2.26. The third kappa shape index (κ3) is 2.43. The Bertz CT molecular complexity index is 434. The molecule has 3 nitrogen and oxygen atoms in total. The van der Waals surface area contributed by atoms with Crippen LogP contribution in [0.2, 0.25) is 0 Å². The van der Waals surface area contributed by atoms with Crippen molar-refractivity contribution in [2.24, 2.45) is 0 Å². The van der Waals surface area contributed by atoms with Crippen LogP contribution < -0.4 is 0 Å². The Morgan fingerprint density at radius 3 is 2.60 bits per heavy atom. The average Bonchev–Trinajstić information content (AvgIpc) is 2.20. The first-order valence-corrected chi connectivity index (χ1v) is 6.24. The third-order valence-electron chi connectivity index (χ3n) is 1.76. The molecule has 1 rings (SSSR count). The Morgan fingerprint density at radius 1 is 1.53 bits per heavy atom. The van der Waals surface area contributed by atoms with E-state index in [-0.39, 0.29) is 14.9 Å². The molecule has 0 amide bonds. The van der Waals surface area contributed by atoms with Gasteiger partial charge in [0.25, 0.3) is 0 Å². The van der Waals surface area contributed by atoms with Crippen molar-refractivity contribution in [3.05, 3.63) is 28.0 Å². The number of methoxy groups -OCH3 is 1. The second-order valence-electron chi connectivity index (χ2n) is 2.68. The van der Waals surface area contributed by atoms with E-state index in [1.165, 1.54) is 19.4 Å². The molecule has 0 heterocycles. The van der Waals surface area contributed by atoms with Crippen molar-refractivity contribution in [3.8, 4) is 0 Å². The lowest BCUT2D eigenvalue weighted by Crippen LogP contribution is -2.08. The van der Waals surface area contributed by atoms with E-state index in [2.05, 4.69) is 20.7 Å². The van der Waals surface area contributed by atoms with Crippen LogP contribution in [0.25, 0.3) is 0 Å². The molecular formula is C9H8BrFO3S. The van der Waals surface area contributed by atoms with E-state index in [0.29, 0.717) is 0 Å². The third-order valence-corrected chi connectivity index (χ3v) is 3.49. The molecule has 0 fully saturated rings. The lowest BCUT2D eigenvalue weighted by Gasteiger charge is -2.08. The monoisotopic (exact) mass is 294 g/mol. The minimum atomic E-state index is -1.38. The summed E-state index contributed by atoms with van der Waals surface area (Å²) in [4.78, 5) is 11.6. The molecule has 6 heteroatoms. The van der Waals surface area contributed by atoms with Crippen LogP contribution in [0.3, 0.4) is 0 Å². The Hall–Kier alpha value is -0.750. The highest BCUT2D eigenvalue weighted by molar-refractivity contribution is 9.10. The van der Waals surface area contributed by atoms with Gasteiger partial charge in [-0.05, 0) is 28.1 Å². The first-order valence-electron chi connectivity index (χ1n) is 3.88. The van der Waals surface area contributed by atoms with E-state index in [4.69, 9.17) is 0 Å². The van der Waals surface area contributed by atoms with Gasteiger partial charge in [0.15, 0.2) is 0 Å². The van der Waals surface area contributed by atoms with Crippen LogP contribution in [-0.4, -0.2) is 23.5 Å². The van der Waals surface area contributed by atoms with Gasteiger partial charge in [-0.2, -0.15) is 0 Å². The second-order valence-corrected chi connectivity index (χ2v) is 4.82. The zero-order valence-corrected chi connectivity index (χ0v) is 10.4. The number of hydrogen-bond donors (Lipinski definition) is 0. The smallest absolute Gasteiger partial charge is 0.340 e. The first-order chi connectivity index (χ1) is 6.99. The van der Waals surface area contributed by atoms with Gasteiger partial charge in [-0.15, -0.1) is 0 Å². The van der Waals surface area contributed by atoms with Crippen LogP contribution in [0.5, 0.6) is 0 Å². The van der Waals surface area contributed by atoms with Crippen molar-refractivity contribution < 1.29 is 18.1 Å². The van der Waals surface area contributed by atoms with Crippen molar-refractivity contribution in [3.63, 3.8) is 0 Å². The maximum atomic E-state index is 13.2. The topological polar surface area (TPSA) is 43.4 Å². The van der Waals surface area contributed by atoms with Gasteiger partial charge in [0.1, 0.15) is 5.82 Å². The zero-order chi connectivity index (χ0) is 11.6. The van der Waals surface area contributed by atoms with Crippen LogP contribution in [0.4, 0.5) is 4.39 Å². The Labute approximate surface area is 97.2 Å². The normalized spacial score (nSPS) is 12.3. The zero-order valence-electron chi connectivity index (χ0n) is 8.04. The van der Waals surface area contributed by atoms with E-state index in [1.807, 2.05) is 0 Å². The molecule has 0 saturated heterocycles. The van der Waals surface area contributed by atoms with Crippen molar-refractivity contribution in [2.75, 3.05) is 13.4 Å². The molecule has 0 N–H and O–H groups in total. The molecule has 15 heavy (non-hydrogen) atoms. The molecule has 1 aromatic rings. The largest absolute Gasteiger partial charge is 0.465 e. The summed E-state index contributed by atoms with van der Waals surface area (Å²) < 4.78 is 28.9. The molecule has 0 aliphatic rings. The van der Waals surface area contributed by atoms with Crippen molar-refractivity contribution in [1.82, 2.24) is 0 Å². The predicted octanol–water partition coefficient (Wildman–Crippen LogP) is 2.11. The molecule has 0 aliphatic carbocycles. The quantitative estimate of drug-likeness (QED) is 0.785. The lowest BCUT2D eigenvalue weighted by molar-refractivity contribution is 0.0594. The summed E-state index contributed by atoms with van der Waals surface area (Å²) in [5.74, 6) is -1.31. The maximum absolute atomic E-state index is 13.2. The molecule has 0 saturated carbocycles. The molecular weight excluding hydrogens is 287 g/mol. The number of carbonyl (C=O) groups is 1. The first kappa shape index (κ1) is 12.3. The fourth-order valence-corrected chi connectivity index (χ4v) is 2.44. The number of ether oxygens (including phenoxy) is 1. The summed E-state index contributed by atoms with van der Waals surface area (Å²) in [6.45, 7) is 0. The van der Waals surface area contributed by atoms with E-state index < -0.39 is 22.6 Å². The number of halogens is 2. The molecule has 0 bridgehead atoms. The van der Waals surface area contributed by atoms with Crippen LogP contribution in [0, 0.1) is 5.82 Å². The summed E-state index contributed by atoms with van der Waals surface area (Å²) >= 11 is 2.93. The molecule has 0 radical (unpaired) electrons. The Balaban J connectivity index is 3.48. The predicted molar refractivity (Wildman–Crippen MR) is 57.8 cm³/mol. The summed E-state index contributed by atoms with van der Waals surface area (Å²) in [6.07, 6.45) is 1.41. The van der Waals surface area contributed by atoms with Crippen molar-refractivity contribution >= 4 is 32.7 Å². The maximum Gasteiger partial charge on any atom is 0.340 e. The number of esters is 1. The van der Waals surface area contributed by atoms with E-state index >= 15 is 0 Å². The Morgan fingerprint density at radius 2 is 2.13 bits per heavy atom. The SMILES string of the molecule is COC(=O)c1c(S(C)=O)ccc(F)c1Br. The highest BCUT2D eigenvalue weighted by atomic mass is 79.9. The molecule has 82 valence electrons. The summed E-state index contributed by atoms with van der Waals surface area (Å²) in [5, 5.41) is 0. The van der Waals surface area contributed by atoms with Gasteiger partial charge >= 0.3 is 5.97 Å². The van der Waals surface area contributed by atoms with Gasteiger partial charge in [0, 0.05) is 6.26 Å². The molecule has 1 unspecified atom stereocenters. The lowest BCUT2D eigenvalue weighted by atomic mass is 10.2. The molecule has 1 atom stereocenters. The summed E-state index contributed by atoms with van der Waals surface area (Å²) in [5.41, 5.74) is -0.0293. The number of rotatable bonds is 2. The van der Waals surface area contributed by atoms with Gasteiger partial charge < -0.3 is 4.74 Å². The van der Waals surface area contributed by atoms with Gasteiger partial charge in [-0.25, -0.2) is 9.18 Å². The van der Waals surface area contributed by atoms with Crippen LogP contribution in [0.15, 0.2) is 21.5 Å². The highest BCUT2D eigenvalue weighted by Gasteiger charge is 2.20. The average molecular weight is 295 g/mol. The van der Waals surface area contributed by atoms with Gasteiger partial charge in [0.05, 0.1) is 32.8 Å². The van der Waals surface area contributed by atoms with E-state index in [9.17, 15) is 13.4 Å². The van der Waals surface area contributed by atoms with Crippen molar-refractivity contribution in [2.45, 2.75) is 4.90 Å². The van der Waals surface area contributed by atoms with Crippen LogP contribution in [-0.2, 0) is 15.5 Å². The van der Waals surface area contributed by atoms with Crippen molar-refractivity contribution in [1.29, 1.82) is 0 Å². The van der Waals surface area contributed by atoms with Gasteiger partial charge in [-0.1, -0.05) is 0 Å². The Kier molecular flexibility index (Phi) is 3.98.